The quantitative estimate of drug-likeness (QED) is 0.620. The van der Waals surface area contributed by atoms with E-state index in [1.165, 1.54) is 19.3 Å². The summed E-state index contributed by atoms with van der Waals surface area (Å²) in [6.45, 7) is 7.14. The van der Waals surface area contributed by atoms with Crippen LogP contribution in [0.5, 0.6) is 0 Å². The highest BCUT2D eigenvalue weighted by Gasteiger charge is 2.37. The Morgan fingerprint density at radius 1 is 1.08 bits per heavy atom. The maximum atomic E-state index is 5.81. The van der Waals surface area contributed by atoms with Gasteiger partial charge in [0.1, 0.15) is 0 Å². The van der Waals surface area contributed by atoms with E-state index in [9.17, 15) is 0 Å². The summed E-state index contributed by atoms with van der Waals surface area (Å²) >= 11 is 0. The Labute approximate surface area is 80.6 Å². The van der Waals surface area contributed by atoms with Crippen molar-refractivity contribution in [3.63, 3.8) is 0 Å². The molecule has 0 bridgehead atoms. The molecular weight excluding hydrogens is 164 g/mol. The van der Waals surface area contributed by atoms with Gasteiger partial charge in [-0.3, -0.25) is 0 Å². The molecule has 2 aliphatic rings. The van der Waals surface area contributed by atoms with E-state index in [0.717, 1.165) is 26.1 Å². The standard InChI is InChI=1S/C11H18O2/c1-2-10-8-12-11(13-9-10)6-4-3-5-7-11/h1,10H,2-9H2. The summed E-state index contributed by atoms with van der Waals surface area (Å²) in [6, 6.07) is 0. The SMILES string of the molecule is [CH]CC1COC2(CCCCC2)OC1. The Balaban J connectivity index is 1.87. The third-order valence-electron chi connectivity index (χ3n) is 3.11. The molecule has 0 unspecified atom stereocenters. The van der Waals surface area contributed by atoms with Gasteiger partial charge in [0, 0.05) is 18.8 Å². The van der Waals surface area contributed by atoms with Gasteiger partial charge in [0.2, 0.25) is 0 Å². The van der Waals surface area contributed by atoms with E-state index >= 15 is 0 Å². The van der Waals surface area contributed by atoms with Crippen molar-refractivity contribution in [2.75, 3.05) is 13.2 Å². The van der Waals surface area contributed by atoms with Crippen molar-refractivity contribution in [2.24, 2.45) is 5.92 Å². The zero-order valence-corrected chi connectivity index (χ0v) is 8.13. The summed E-state index contributed by atoms with van der Waals surface area (Å²) in [5, 5.41) is 0. The van der Waals surface area contributed by atoms with Crippen molar-refractivity contribution in [1.29, 1.82) is 0 Å². The monoisotopic (exact) mass is 182 g/mol. The normalized spacial score (nSPS) is 29.3. The molecule has 0 aromatic rings. The first-order valence-corrected chi connectivity index (χ1v) is 5.33. The van der Waals surface area contributed by atoms with Gasteiger partial charge in [-0.05, 0) is 26.2 Å². The fraction of sp³-hybridized carbons (Fsp3) is 0.909. The lowest BCUT2D eigenvalue weighted by molar-refractivity contribution is -0.294. The van der Waals surface area contributed by atoms with Crippen molar-refractivity contribution in [2.45, 2.75) is 44.3 Å². The topological polar surface area (TPSA) is 18.5 Å². The summed E-state index contributed by atoms with van der Waals surface area (Å²) < 4.78 is 11.6. The van der Waals surface area contributed by atoms with Gasteiger partial charge in [0.05, 0.1) is 13.2 Å². The molecule has 1 aliphatic carbocycles. The lowest BCUT2D eigenvalue weighted by Crippen LogP contribution is -2.45. The zero-order valence-electron chi connectivity index (χ0n) is 8.13. The van der Waals surface area contributed by atoms with Gasteiger partial charge in [-0.2, -0.15) is 0 Å². The second-order valence-electron chi connectivity index (χ2n) is 4.20. The molecular formula is C11H18O2. The summed E-state index contributed by atoms with van der Waals surface area (Å²) in [6.07, 6.45) is 6.64. The van der Waals surface area contributed by atoms with Crippen LogP contribution in [-0.2, 0) is 9.47 Å². The van der Waals surface area contributed by atoms with Crippen LogP contribution in [0.4, 0.5) is 0 Å². The molecule has 1 aliphatic heterocycles. The molecule has 2 heteroatoms. The molecule has 2 nitrogen and oxygen atoms in total. The highest BCUT2D eigenvalue weighted by Crippen LogP contribution is 2.36. The molecule has 74 valence electrons. The maximum Gasteiger partial charge on any atom is 0.168 e. The van der Waals surface area contributed by atoms with Crippen molar-refractivity contribution in [3.05, 3.63) is 6.92 Å². The van der Waals surface area contributed by atoms with Crippen LogP contribution in [0.15, 0.2) is 0 Å². The molecule has 1 saturated heterocycles. The van der Waals surface area contributed by atoms with Crippen LogP contribution in [0.3, 0.4) is 0 Å². The van der Waals surface area contributed by atoms with E-state index in [-0.39, 0.29) is 5.79 Å². The molecule has 0 N–H and O–H groups in total. The first-order chi connectivity index (χ1) is 6.35. The Kier molecular flexibility index (Phi) is 2.89. The third-order valence-corrected chi connectivity index (χ3v) is 3.11. The zero-order chi connectivity index (χ0) is 9.15. The Hall–Kier alpha value is -0.0800. The molecule has 1 spiro atoms. The molecule has 2 rings (SSSR count). The van der Waals surface area contributed by atoms with Crippen LogP contribution in [0.1, 0.15) is 38.5 Å². The highest BCUT2D eigenvalue weighted by molar-refractivity contribution is 4.79. The van der Waals surface area contributed by atoms with Crippen LogP contribution in [0.2, 0.25) is 0 Å². The van der Waals surface area contributed by atoms with Gasteiger partial charge in [0.15, 0.2) is 5.79 Å². The Bertz CT molecular complexity index is 151. The molecule has 0 atom stereocenters. The van der Waals surface area contributed by atoms with Crippen LogP contribution in [0, 0.1) is 12.8 Å². The number of hydrogen-bond acceptors (Lipinski definition) is 2. The van der Waals surface area contributed by atoms with Gasteiger partial charge in [-0.25, -0.2) is 0 Å². The maximum absolute atomic E-state index is 5.81. The minimum Gasteiger partial charge on any atom is -0.350 e. The minimum absolute atomic E-state index is 0.218. The van der Waals surface area contributed by atoms with Gasteiger partial charge >= 0.3 is 0 Å². The van der Waals surface area contributed by atoms with Crippen molar-refractivity contribution < 1.29 is 9.47 Å². The van der Waals surface area contributed by atoms with E-state index in [4.69, 9.17) is 16.4 Å². The summed E-state index contributed by atoms with van der Waals surface area (Å²) in [4.78, 5) is 0. The van der Waals surface area contributed by atoms with Crippen LogP contribution in [0.25, 0.3) is 0 Å². The highest BCUT2D eigenvalue weighted by atomic mass is 16.7. The average Bonchev–Trinajstić information content (AvgIpc) is 2.20. The van der Waals surface area contributed by atoms with E-state index in [0.29, 0.717) is 12.3 Å². The number of ether oxygens (including phenoxy) is 2. The molecule has 2 fully saturated rings. The third kappa shape index (κ3) is 2.05. The van der Waals surface area contributed by atoms with Gasteiger partial charge in [-0.1, -0.05) is 6.42 Å². The largest absolute Gasteiger partial charge is 0.350 e. The van der Waals surface area contributed by atoms with Gasteiger partial charge < -0.3 is 9.47 Å². The second-order valence-corrected chi connectivity index (χ2v) is 4.20. The van der Waals surface area contributed by atoms with Crippen LogP contribution >= 0.6 is 0 Å². The molecule has 0 aromatic heterocycles. The molecule has 0 aromatic carbocycles. The fourth-order valence-electron chi connectivity index (χ4n) is 2.14. The van der Waals surface area contributed by atoms with Gasteiger partial charge in [-0.15, -0.1) is 0 Å². The van der Waals surface area contributed by atoms with E-state index in [2.05, 4.69) is 0 Å². The van der Waals surface area contributed by atoms with Crippen LogP contribution < -0.4 is 0 Å². The second kappa shape index (κ2) is 3.97. The van der Waals surface area contributed by atoms with Crippen molar-refractivity contribution in [1.82, 2.24) is 0 Å². The predicted molar refractivity (Wildman–Crippen MR) is 50.1 cm³/mol. The molecule has 1 heterocycles. The first kappa shape index (κ1) is 9.47. The first-order valence-electron chi connectivity index (χ1n) is 5.33. The van der Waals surface area contributed by atoms with Crippen molar-refractivity contribution in [3.8, 4) is 0 Å². The number of hydrogen-bond donors (Lipinski definition) is 0. The van der Waals surface area contributed by atoms with Gasteiger partial charge in [0.25, 0.3) is 0 Å². The van der Waals surface area contributed by atoms with Crippen molar-refractivity contribution >= 4 is 0 Å². The molecule has 2 radical (unpaired) electrons. The Morgan fingerprint density at radius 3 is 2.23 bits per heavy atom. The van der Waals surface area contributed by atoms with E-state index in [1.54, 1.807) is 0 Å². The van der Waals surface area contributed by atoms with Crippen LogP contribution in [-0.4, -0.2) is 19.0 Å². The molecule has 13 heavy (non-hydrogen) atoms. The fourth-order valence-corrected chi connectivity index (χ4v) is 2.14. The summed E-state index contributed by atoms with van der Waals surface area (Å²) in [5.41, 5.74) is 0. The van der Waals surface area contributed by atoms with E-state index in [1.807, 2.05) is 0 Å². The predicted octanol–water partition coefficient (Wildman–Crippen LogP) is 2.41. The Morgan fingerprint density at radius 2 is 1.69 bits per heavy atom. The molecule has 1 saturated carbocycles. The summed E-state index contributed by atoms with van der Waals surface area (Å²) in [5.74, 6) is 0.191. The molecule has 0 amide bonds. The smallest absolute Gasteiger partial charge is 0.168 e. The number of rotatable bonds is 1. The summed E-state index contributed by atoms with van der Waals surface area (Å²) in [7, 11) is 0. The minimum atomic E-state index is -0.218. The van der Waals surface area contributed by atoms with E-state index < -0.39 is 0 Å². The average molecular weight is 182 g/mol. The lowest BCUT2D eigenvalue weighted by atomic mass is 9.92. The lowest BCUT2D eigenvalue weighted by Gasteiger charge is -2.42.